The van der Waals surface area contributed by atoms with Gasteiger partial charge in [0.1, 0.15) is 11.6 Å². The second-order valence-corrected chi connectivity index (χ2v) is 9.66. The van der Waals surface area contributed by atoms with Crippen LogP contribution < -0.4 is 0 Å². The Balaban J connectivity index is 1.50. The number of fused-ring (bicyclic) bond motifs is 1. The van der Waals surface area contributed by atoms with Crippen molar-refractivity contribution in [1.82, 2.24) is 9.29 Å². The van der Waals surface area contributed by atoms with Crippen molar-refractivity contribution in [3.63, 3.8) is 0 Å². The minimum absolute atomic E-state index is 0.223. The van der Waals surface area contributed by atoms with Gasteiger partial charge in [-0.25, -0.2) is 13.4 Å². The number of nitrogens with zero attached hydrogens (tertiary/aromatic N) is 2. The molecule has 5 rings (SSSR count). The number of hydrogen-bond donors (Lipinski definition) is 0. The van der Waals surface area contributed by atoms with Crippen LogP contribution >= 0.6 is 11.6 Å². The van der Waals surface area contributed by atoms with Gasteiger partial charge in [-0.3, -0.25) is 0 Å². The summed E-state index contributed by atoms with van der Waals surface area (Å²) in [4.78, 5) is 4.88. The fourth-order valence-electron chi connectivity index (χ4n) is 3.91. The predicted octanol–water partition coefficient (Wildman–Crippen LogP) is 5.67. The van der Waals surface area contributed by atoms with E-state index in [0.717, 1.165) is 23.1 Å². The molecule has 0 saturated carbocycles. The van der Waals surface area contributed by atoms with E-state index in [4.69, 9.17) is 16.0 Å². The van der Waals surface area contributed by atoms with Gasteiger partial charge in [0.05, 0.1) is 4.90 Å². The maximum absolute atomic E-state index is 13.2. The van der Waals surface area contributed by atoms with E-state index < -0.39 is 16.1 Å². The average Bonchev–Trinajstić information content (AvgIpc) is 3.41. The topological polar surface area (TPSA) is 63.4 Å². The molecule has 152 valence electrons. The van der Waals surface area contributed by atoms with Crippen molar-refractivity contribution in [2.75, 3.05) is 6.54 Å². The van der Waals surface area contributed by atoms with Gasteiger partial charge in [0.15, 0.2) is 5.58 Å². The van der Waals surface area contributed by atoms with Crippen molar-refractivity contribution in [3.8, 4) is 11.1 Å². The van der Waals surface area contributed by atoms with Gasteiger partial charge in [0.2, 0.25) is 15.9 Å². The summed E-state index contributed by atoms with van der Waals surface area (Å²) in [6, 6.07) is 21.7. The van der Waals surface area contributed by atoms with Gasteiger partial charge in [-0.2, -0.15) is 4.31 Å². The lowest BCUT2D eigenvalue weighted by molar-refractivity contribution is 0.337. The quantitative estimate of drug-likeness (QED) is 0.411. The summed E-state index contributed by atoms with van der Waals surface area (Å²) in [6.07, 6.45) is 1.43. The van der Waals surface area contributed by atoms with E-state index in [0.29, 0.717) is 29.5 Å². The van der Waals surface area contributed by atoms with E-state index in [-0.39, 0.29) is 4.90 Å². The van der Waals surface area contributed by atoms with Crippen LogP contribution in [-0.2, 0) is 10.0 Å². The number of rotatable bonds is 4. The largest absolute Gasteiger partial charge is 0.439 e. The van der Waals surface area contributed by atoms with Crippen LogP contribution in [0.5, 0.6) is 0 Å². The average molecular weight is 439 g/mol. The molecule has 0 radical (unpaired) electrons. The predicted molar refractivity (Wildman–Crippen MR) is 117 cm³/mol. The molecule has 0 aliphatic carbocycles. The van der Waals surface area contributed by atoms with Crippen molar-refractivity contribution in [2.24, 2.45) is 0 Å². The number of aromatic nitrogens is 1. The van der Waals surface area contributed by atoms with Crippen LogP contribution in [0.1, 0.15) is 24.8 Å². The molecule has 1 atom stereocenters. The molecule has 1 aromatic heterocycles. The van der Waals surface area contributed by atoms with E-state index in [9.17, 15) is 8.42 Å². The van der Waals surface area contributed by atoms with Crippen molar-refractivity contribution in [2.45, 2.75) is 23.8 Å². The molecule has 0 spiro atoms. The van der Waals surface area contributed by atoms with E-state index in [1.165, 1.54) is 16.4 Å². The molecule has 1 aliphatic rings. The van der Waals surface area contributed by atoms with Crippen LogP contribution in [0.15, 0.2) is 82.1 Å². The van der Waals surface area contributed by atoms with E-state index >= 15 is 0 Å². The van der Waals surface area contributed by atoms with Crippen LogP contribution in [-0.4, -0.2) is 24.3 Å². The zero-order valence-electron chi connectivity index (χ0n) is 16.0. The van der Waals surface area contributed by atoms with Gasteiger partial charge < -0.3 is 4.42 Å². The standard InChI is InChI=1S/C23H19ClN2O3S/c24-18-9-11-19(12-10-18)30(27,28)26-14-4-7-21(26)23-25-20-15-17(8-13-22(20)29-23)16-5-2-1-3-6-16/h1-3,5-6,8-13,15,21H,4,7,14H2/t21-/m0/s1. The maximum Gasteiger partial charge on any atom is 0.243 e. The van der Waals surface area contributed by atoms with Crippen LogP contribution in [0.4, 0.5) is 0 Å². The number of oxazole rings is 1. The van der Waals surface area contributed by atoms with Crippen molar-refractivity contribution >= 4 is 32.7 Å². The smallest absolute Gasteiger partial charge is 0.243 e. The summed E-state index contributed by atoms with van der Waals surface area (Å²) in [5.41, 5.74) is 3.51. The third-order valence-corrected chi connectivity index (χ3v) is 7.59. The number of hydrogen-bond acceptors (Lipinski definition) is 4. The molecular weight excluding hydrogens is 420 g/mol. The van der Waals surface area contributed by atoms with Gasteiger partial charge in [0, 0.05) is 11.6 Å². The minimum Gasteiger partial charge on any atom is -0.439 e. The molecule has 2 heterocycles. The van der Waals surface area contributed by atoms with Crippen LogP contribution in [0.25, 0.3) is 22.2 Å². The third kappa shape index (κ3) is 3.41. The summed E-state index contributed by atoms with van der Waals surface area (Å²) in [6.45, 7) is 0.434. The second-order valence-electron chi connectivity index (χ2n) is 7.33. The molecule has 5 nitrogen and oxygen atoms in total. The zero-order chi connectivity index (χ0) is 20.7. The highest BCUT2D eigenvalue weighted by Gasteiger charge is 2.39. The normalized spacial score (nSPS) is 17.6. The lowest BCUT2D eigenvalue weighted by atomic mass is 10.1. The first kappa shape index (κ1) is 19.3. The molecule has 0 unspecified atom stereocenters. The summed E-state index contributed by atoms with van der Waals surface area (Å²) in [7, 11) is -3.67. The van der Waals surface area contributed by atoms with Crippen LogP contribution in [0.2, 0.25) is 5.02 Å². The highest BCUT2D eigenvalue weighted by molar-refractivity contribution is 7.89. The number of halogens is 1. The molecule has 0 bridgehead atoms. The zero-order valence-corrected chi connectivity index (χ0v) is 17.6. The molecule has 1 aliphatic heterocycles. The molecule has 7 heteroatoms. The Morgan fingerprint density at radius 1 is 0.967 bits per heavy atom. The first-order chi connectivity index (χ1) is 14.5. The highest BCUT2D eigenvalue weighted by atomic mass is 35.5. The monoisotopic (exact) mass is 438 g/mol. The minimum atomic E-state index is -3.67. The molecule has 30 heavy (non-hydrogen) atoms. The summed E-state index contributed by atoms with van der Waals surface area (Å²) >= 11 is 5.91. The molecule has 0 N–H and O–H groups in total. The molecule has 1 saturated heterocycles. The summed E-state index contributed by atoms with van der Waals surface area (Å²) < 4.78 is 33.9. The lowest BCUT2D eigenvalue weighted by Gasteiger charge is -2.21. The molecule has 4 aromatic rings. The van der Waals surface area contributed by atoms with Gasteiger partial charge in [-0.05, 0) is 60.4 Å². The van der Waals surface area contributed by atoms with Gasteiger partial charge in [-0.1, -0.05) is 48.0 Å². The highest BCUT2D eigenvalue weighted by Crippen LogP contribution is 2.38. The Hall–Kier alpha value is -2.67. The van der Waals surface area contributed by atoms with Crippen molar-refractivity contribution in [1.29, 1.82) is 0 Å². The fourth-order valence-corrected chi connectivity index (χ4v) is 5.69. The Morgan fingerprint density at radius 2 is 1.73 bits per heavy atom. The van der Waals surface area contributed by atoms with E-state index in [1.54, 1.807) is 12.1 Å². The summed E-state index contributed by atoms with van der Waals surface area (Å²) in [5, 5.41) is 0.500. The van der Waals surface area contributed by atoms with E-state index in [2.05, 4.69) is 4.98 Å². The molecule has 1 fully saturated rings. The van der Waals surface area contributed by atoms with Gasteiger partial charge in [-0.15, -0.1) is 0 Å². The Labute approximate surface area is 180 Å². The molecule has 0 amide bonds. The number of sulfonamides is 1. The first-order valence-corrected chi connectivity index (χ1v) is 11.6. The van der Waals surface area contributed by atoms with E-state index in [1.807, 2.05) is 48.5 Å². The lowest BCUT2D eigenvalue weighted by Crippen LogP contribution is -2.30. The van der Waals surface area contributed by atoms with Gasteiger partial charge in [0.25, 0.3) is 0 Å². The second kappa shape index (κ2) is 7.54. The SMILES string of the molecule is O=S(=O)(c1ccc(Cl)cc1)N1CCC[C@H]1c1nc2cc(-c3ccccc3)ccc2o1. The van der Waals surface area contributed by atoms with Crippen molar-refractivity contribution in [3.05, 3.63) is 83.7 Å². The van der Waals surface area contributed by atoms with Crippen molar-refractivity contribution < 1.29 is 12.8 Å². The Morgan fingerprint density at radius 3 is 2.50 bits per heavy atom. The number of benzene rings is 3. The molecular formula is C23H19ClN2O3S. The Kier molecular flexibility index (Phi) is 4.85. The Bertz CT molecular complexity index is 1300. The van der Waals surface area contributed by atoms with Crippen LogP contribution in [0.3, 0.4) is 0 Å². The third-order valence-electron chi connectivity index (χ3n) is 5.42. The van der Waals surface area contributed by atoms with Crippen LogP contribution in [0, 0.1) is 0 Å². The molecule has 3 aromatic carbocycles. The maximum atomic E-state index is 13.2. The summed E-state index contributed by atoms with van der Waals surface area (Å²) in [5.74, 6) is 0.435. The van der Waals surface area contributed by atoms with Gasteiger partial charge >= 0.3 is 0 Å². The fraction of sp³-hybridized carbons (Fsp3) is 0.174. The first-order valence-electron chi connectivity index (χ1n) is 9.76.